The molecule has 0 atom stereocenters. The Bertz CT molecular complexity index is 1410. The highest BCUT2D eigenvalue weighted by Crippen LogP contribution is 2.39. The molecule has 3 aromatic carbocycles. The van der Waals surface area contributed by atoms with Crippen molar-refractivity contribution in [3.05, 3.63) is 75.3 Å². The lowest BCUT2D eigenvalue weighted by molar-refractivity contribution is -0.385. The largest absolute Gasteiger partial charge is 0.504 e. The van der Waals surface area contributed by atoms with Gasteiger partial charge in [-0.25, -0.2) is 0 Å². The molecule has 0 aliphatic rings. The van der Waals surface area contributed by atoms with Crippen LogP contribution in [0.4, 0.5) is 11.4 Å². The third-order valence-corrected chi connectivity index (χ3v) is 5.54. The first kappa shape index (κ1) is 28.4. The minimum Gasteiger partial charge on any atom is -0.504 e. The third kappa shape index (κ3) is 6.77. The van der Waals surface area contributed by atoms with Crippen LogP contribution in [0, 0.1) is 10.1 Å². The molecule has 204 valence electrons. The van der Waals surface area contributed by atoms with E-state index in [1.54, 1.807) is 36.4 Å². The van der Waals surface area contributed by atoms with E-state index < -0.39 is 10.8 Å². The maximum atomic E-state index is 12.6. The summed E-state index contributed by atoms with van der Waals surface area (Å²) in [5, 5.41) is 24.4. The normalized spacial score (nSPS) is 10.9. The minimum atomic E-state index is -0.568. The van der Waals surface area contributed by atoms with Gasteiger partial charge in [0.05, 0.1) is 46.2 Å². The monoisotopic (exact) mass is 536 g/mol. The number of nitro groups is 1. The summed E-state index contributed by atoms with van der Waals surface area (Å²) in [7, 11) is 7.25. The van der Waals surface area contributed by atoms with Gasteiger partial charge < -0.3 is 34.1 Å². The zero-order valence-corrected chi connectivity index (χ0v) is 22.0. The highest BCUT2D eigenvalue weighted by Gasteiger charge is 2.16. The number of carbonyl (C=O) groups excluding carboxylic acids is 1. The SMILES string of the molecule is COc1ccc(/C=C/C(=O)Nc2cc(C=Cc3cc(OC)c(OC)c(OC)c3)cc(O)c2OC)cc1[N+](=O)[O-]. The van der Waals surface area contributed by atoms with Crippen molar-refractivity contribution in [3.8, 4) is 34.5 Å². The molecule has 11 heteroatoms. The number of methoxy groups -OCH3 is 5. The highest BCUT2D eigenvalue weighted by atomic mass is 16.6. The number of hydrogen-bond donors (Lipinski definition) is 2. The number of benzene rings is 3. The van der Waals surface area contributed by atoms with E-state index in [0.29, 0.717) is 28.4 Å². The van der Waals surface area contributed by atoms with Crippen molar-refractivity contribution < 1.29 is 38.5 Å². The van der Waals surface area contributed by atoms with Gasteiger partial charge in [0.25, 0.3) is 0 Å². The lowest BCUT2D eigenvalue weighted by Crippen LogP contribution is -2.09. The number of amides is 1. The summed E-state index contributed by atoms with van der Waals surface area (Å²) in [4.78, 5) is 23.3. The molecule has 0 aliphatic heterocycles. The number of nitrogens with zero attached hydrogens (tertiary/aromatic N) is 1. The lowest BCUT2D eigenvalue weighted by atomic mass is 10.1. The summed E-state index contributed by atoms with van der Waals surface area (Å²) in [6.07, 6.45) is 6.12. The molecule has 3 rings (SSSR count). The molecule has 3 aromatic rings. The van der Waals surface area contributed by atoms with Crippen LogP contribution in [-0.4, -0.2) is 51.5 Å². The Morgan fingerprint density at radius 2 is 1.36 bits per heavy atom. The Balaban J connectivity index is 1.86. The second kappa shape index (κ2) is 12.9. The molecule has 0 saturated carbocycles. The number of nitrogens with one attached hydrogen (secondary N) is 1. The molecule has 0 bridgehead atoms. The van der Waals surface area contributed by atoms with Crippen LogP contribution in [0.5, 0.6) is 34.5 Å². The van der Waals surface area contributed by atoms with Crippen molar-refractivity contribution in [2.75, 3.05) is 40.9 Å². The quantitative estimate of drug-likeness (QED) is 0.147. The molecule has 0 heterocycles. The summed E-state index contributed by atoms with van der Waals surface area (Å²) in [6.45, 7) is 0. The molecule has 0 saturated heterocycles. The van der Waals surface area contributed by atoms with Gasteiger partial charge in [0.2, 0.25) is 11.7 Å². The van der Waals surface area contributed by atoms with Gasteiger partial charge in [-0.2, -0.15) is 0 Å². The summed E-state index contributed by atoms with van der Waals surface area (Å²) < 4.78 is 26.4. The van der Waals surface area contributed by atoms with Crippen LogP contribution in [0.3, 0.4) is 0 Å². The van der Waals surface area contributed by atoms with Crippen molar-refractivity contribution in [2.45, 2.75) is 0 Å². The fourth-order valence-electron chi connectivity index (χ4n) is 3.73. The number of anilines is 1. The van der Waals surface area contributed by atoms with Gasteiger partial charge in [-0.15, -0.1) is 0 Å². The number of aromatic hydroxyl groups is 1. The molecule has 39 heavy (non-hydrogen) atoms. The van der Waals surface area contributed by atoms with E-state index >= 15 is 0 Å². The maximum Gasteiger partial charge on any atom is 0.311 e. The smallest absolute Gasteiger partial charge is 0.311 e. The van der Waals surface area contributed by atoms with E-state index in [-0.39, 0.29) is 28.6 Å². The number of nitro benzene ring substituents is 1. The van der Waals surface area contributed by atoms with E-state index in [9.17, 15) is 20.0 Å². The van der Waals surface area contributed by atoms with Crippen molar-refractivity contribution in [2.24, 2.45) is 0 Å². The fraction of sp³-hybridized carbons (Fsp3) is 0.179. The molecule has 0 aromatic heterocycles. The number of phenolic OH excluding ortho intramolecular Hbond substituents is 1. The van der Waals surface area contributed by atoms with Gasteiger partial charge >= 0.3 is 5.69 Å². The first-order valence-electron chi connectivity index (χ1n) is 11.4. The molecule has 0 spiro atoms. The van der Waals surface area contributed by atoms with Crippen LogP contribution >= 0.6 is 0 Å². The first-order chi connectivity index (χ1) is 18.7. The third-order valence-electron chi connectivity index (χ3n) is 5.54. The Labute approximate surface area is 225 Å². The Morgan fingerprint density at radius 3 is 1.90 bits per heavy atom. The van der Waals surface area contributed by atoms with Gasteiger partial charge in [0.1, 0.15) is 0 Å². The predicted molar refractivity (Wildman–Crippen MR) is 147 cm³/mol. The predicted octanol–water partition coefficient (Wildman–Crippen LogP) is 5.17. The van der Waals surface area contributed by atoms with Crippen LogP contribution in [0.25, 0.3) is 18.2 Å². The van der Waals surface area contributed by atoms with Gasteiger partial charge in [0.15, 0.2) is 28.7 Å². The summed E-state index contributed by atoms with van der Waals surface area (Å²) in [5.74, 6) is 0.875. The fourth-order valence-corrected chi connectivity index (χ4v) is 3.73. The average molecular weight is 537 g/mol. The highest BCUT2D eigenvalue weighted by molar-refractivity contribution is 6.03. The van der Waals surface area contributed by atoms with Gasteiger partial charge in [-0.3, -0.25) is 14.9 Å². The molecule has 2 N–H and O–H groups in total. The molecule has 0 fully saturated rings. The van der Waals surface area contributed by atoms with Crippen LogP contribution in [0.2, 0.25) is 0 Å². The summed E-state index contributed by atoms with van der Waals surface area (Å²) >= 11 is 0. The van der Waals surface area contributed by atoms with Crippen LogP contribution in [0.15, 0.2) is 48.5 Å². The second-order valence-corrected chi connectivity index (χ2v) is 7.92. The Morgan fingerprint density at radius 1 is 0.769 bits per heavy atom. The zero-order chi connectivity index (χ0) is 28.5. The zero-order valence-electron chi connectivity index (χ0n) is 22.0. The lowest BCUT2D eigenvalue weighted by Gasteiger charge is -2.13. The van der Waals surface area contributed by atoms with Crippen LogP contribution < -0.4 is 29.0 Å². The molecule has 0 radical (unpaired) electrons. The average Bonchev–Trinajstić information content (AvgIpc) is 2.93. The first-order valence-corrected chi connectivity index (χ1v) is 11.4. The molecule has 1 amide bonds. The van der Waals surface area contributed by atoms with Gasteiger partial charge in [0, 0.05) is 12.1 Å². The topological polar surface area (TPSA) is 139 Å². The number of carbonyl (C=O) groups is 1. The van der Waals surface area contributed by atoms with Crippen molar-refractivity contribution >= 4 is 35.5 Å². The summed E-state index contributed by atoms with van der Waals surface area (Å²) in [6, 6.07) is 10.9. The van der Waals surface area contributed by atoms with Crippen molar-refractivity contribution in [3.63, 3.8) is 0 Å². The van der Waals surface area contributed by atoms with Gasteiger partial charge in [-0.1, -0.05) is 18.2 Å². The minimum absolute atomic E-state index is 0.0711. The number of ether oxygens (including phenoxy) is 5. The maximum absolute atomic E-state index is 12.6. The van der Waals surface area contributed by atoms with E-state index in [4.69, 9.17) is 23.7 Å². The molecular formula is C28H28N2O9. The second-order valence-electron chi connectivity index (χ2n) is 7.92. The Hall–Kier alpha value is -5.19. The van der Waals surface area contributed by atoms with Crippen molar-refractivity contribution in [1.29, 1.82) is 0 Å². The van der Waals surface area contributed by atoms with Crippen LogP contribution in [0.1, 0.15) is 16.7 Å². The van der Waals surface area contributed by atoms with E-state index in [1.807, 2.05) is 0 Å². The van der Waals surface area contributed by atoms with Crippen molar-refractivity contribution in [1.82, 2.24) is 0 Å². The molecule has 0 unspecified atom stereocenters. The van der Waals surface area contributed by atoms with E-state index in [0.717, 1.165) is 5.56 Å². The Kier molecular flexibility index (Phi) is 9.36. The number of hydrogen-bond acceptors (Lipinski definition) is 9. The van der Waals surface area contributed by atoms with E-state index in [2.05, 4.69) is 5.32 Å². The molecular weight excluding hydrogens is 508 g/mol. The molecule has 11 nitrogen and oxygen atoms in total. The van der Waals surface area contributed by atoms with Crippen LogP contribution in [-0.2, 0) is 4.79 Å². The number of rotatable bonds is 11. The number of phenols is 1. The summed E-state index contributed by atoms with van der Waals surface area (Å²) in [5.41, 5.74) is 1.72. The molecule has 0 aliphatic carbocycles. The van der Waals surface area contributed by atoms with Gasteiger partial charge in [-0.05, 0) is 53.1 Å². The van der Waals surface area contributed by atoms with E-state index in [1.165, 1.54) is 65.9 Å². The standard InChI is InChI=1S/C28H28N2O9/c1-35-23-10-8-17(13-21(23)30(33)34)9-11-26(32)29-20-12-18(14-22(31)27(20)38-4)6-7-19-15-24(36-2)28(39-5)25(16-19)37-3/h6-16,31H,1-5H3,(H,29,32)/b7-6?,11-9+.